The van der Waals surface area contributed by atoms with Crippen molar-refractivity contribution in [3.8, 4) is 0 Å². The van der Waals surface area contributed by atoms with Crippen LogP contribution in [0.15, 0.2) is 24.3 Å². The fourth-order valence-corrected chi connectivity index (χ4v) is 1.51. The molecule has 116 valence electrons. The van der Waals surface area contributed by atoms with Gasteiger partial charge in [-0.25, -0.2) is 0 Å². The second-order valence-corrected chi connectivity index (χ2v) is 4.14. The Kier molecular flexibility index (Phi) is 4.65. The predicted octanol–water partition coefficient (Wildman–Crippen LogP) is 3.57. The quantitative estimate of drug-likeness (QED) is 0.685. The number of carbonyl (C=O) groups excluding carboxylic acids is 2. The number of alkyl halides is 6. The van der Waals surface area contributed by atoms with Crippen LogP contribution in [-0.4, -0.2) is 24.0 Å². The van der Waals surface area contributed by atoms with Gasteiger partial charge in [0, 0.05) is 11.3 Å². The van der Waals surface area contributed by atoms with Crippen molar-refractivity contribution in [2.75, 3.05) is 5.32 Å². The summed E-state index contributed by atoms with van der Waals surface area (Å²) >= 11 is 0. The summed E-state index contributed by atoms with van der Waals surface area (Å²) in [6.07, 6.45) is -11.5. The van der Waals surface area contributed by atoms with Gasteiger partial charge in [-0.15, -0.1) is 0 Å². The van der Waals surface area contributed by atoms with E-state index in [0.717, 1.165) is 19.1 Å². The van der Waals surface area contributed by atoms with E-state index < -0.39 is 30.0 Å². The summed E-state index contributed by atoms with van der Waals surface area (Å²) in [4.78, 5) is 22.3. The molecule has 0 atom stereocenters. The number of rotatable bonds is 3. The van der Waals surface area contributed by atoms with E-state index in [4.69, 9.17) is 0 Å². The van der Waals surface area contributed by atoms with E-state index in [2.05, 4.69) is 0 Å². The maximum Gasteiger partial charge on any atom is 0.409 e. The molecule has 0 heterocycles. The van der Waals surface area contributed by atoms with Crippen LogP contribution in [-0.2, 0) is 4.79 Å². The van der Waals surface area contributed by atoms with Gasteiger partial charge in [0.2, 0.25) is 11.8 Å². The van der Waals surface area contributed by atoms with Crippen molar-refractivity contribution in [3.63, 3.8) is 0 Å². The van der Waals surface area contributed by atoms with Gasteiger partial charge in [0.1, 0.15) is 0 Å². The highest BCUT2D eigenvalue weighted by Crippen LogP contribution is 2.39. The van der Waals surface area contributed by atoms with Gasteiger partial charge in [-0.3, -0.25) is 9.59 Å². The average molecular weight is 313 g/mol. The van der Waals surface area contributed by atoms with Crippen molar-refractivity contribution >= 4 is 17.4 Å². The Morgan fingerprint density at radius 2 is 1.57 bits per heavy atom. The van der Waals surface area contributed by atoms with Crippen LogP contribution >= 0.6 is 0 Å². The minimum Gasteiger partial charge on any atom is -0.325 e. The van der Waals surface area contributed by atoms with Crippen molar-refractivity contribution < 1.29 is 35.9 Å². The zero-order chi connectivity index (χ0) is 16.4. The smallest absolute Gasteiger partial charge is 0.325 e. The van der Waals surface area contributed by atoms with Crippen LogP contribution in [0.3, 0.4) is 0 Å². The lowest BCUT2D eigenvalue weighted by molar-refractivity contribution is -0.272. The first kappa shape index (κ1) is 17.0. The molecule has 1 aromatic carbocycles. The lowest BCUT2D eigenvalue weighted by Gasteiger charge is -2.22. The van der Waals surface area contributed by atoms with Gasteiger partial charge >= 0.3 is 12.4 Å². The highest BCUT2D eigenvalue weighted by atomic mass is 19.4. The van der Waals surface area contributed by atoms with E-state index in [0.29, 0.717) is 0 Å². The van der Waals surface area contributed by atoms with E-state index in [1.807, 2.05) is 0 Å². The molecular formula is C12H9F6NO2. The second kappa shape index (κ2) is 5.74. The maximum absolute atomic E-state index is 12.3. The third kappa shape index (κ3) is 4.47. The largest absolute Gasteiger partial charge is 0.409 e. The Morgan fingerprint density at radius 3 is 2.00 bits per heavy atom. The van der Waals surface area contributed by atoms with Gasteiger partial charge in [0.25, 0.3) is 0 Å². The first-order valence-electron chi connectivity index (χ1n) is 5.48. The molecule has 3 nitrogen and oxygen atoms in total. The lowest BCUT2D eigenvalue weighted by Crippen LogP contribution is -2.45. The van der Waals surface area contributed by atoms with Crippen molar-refractivity contribution in [1.29, 1.82) is 0 Å². The number of amides is 1. The number of halogens is 6. The third-order valence-electron chi connectivity index (χ3n) is 2.45. The molecule has 1 rings (SSSR count). The number of anilines is 1. The highest BCUT2D eigenvalue weighted by Gasteiger charge is 2.61. The molecule has 1 aromatic rings. The van der Waals surface area contributed by atoms with Gasteiger partial charge in [-0.1, -0.05) is 12.1 Å². The minimum absolute atomic E-state index is 0.0448. The summed E-state index contributed by atoms with van der Waals surface area (Å²) in [5, 5.41) is 1.52. The molecule has 0 radical (unpaired) electrons. The van der Waals surface area contributed by atoms with Crippen LogP contribution in [0.4, 0.5) is 32.0 Å². The van der Waals surface area contributed by atoms with Crippen LogP contribution < -0.4 is 5.32 Å². The monoisotopic (exact) mass is 313 g/mol. The van der Waals surface area contributed by atoms with Crippen LogP contribution in [0.5, 0.6) is 0 Å². The summed E-state index contributed by atoms with van der Waals surface area (Å²) in [7, 11) is 0. The molecule has 9 heteroatoms. The topological polar surface area (TPSA) is 46.2 Å². The molecule has 0 unspecified atom stereocenters. The number of benzene rings is 1. The maximum atomic E-state index is 12.3. The summed E-state index contributed by atoms with van der Waals surface area (Å²) in [5.74, 6) is -6.84. The van der Waals surface area contributed by atoms with Crippen molar-refractivity contribution in [2.45, 2.75) is 19.3 Å². The molecule has 0 aliphatic heterocycles. The van der Waals surface area contributed by atoms with Crippen molar-refractivity contribution in [2.24, 2.45) is 5.92 Å². The van der Waals surface area contributed by atoms with Crippen LogP contribution in [0.2, 0.25) is 0 Å². The van der Waals surface area contributed by atoms with E-state index in [1.54, 1.807) is 0 Å². The SMILES string of the molecule is CC(=O)c1cccc(NC(=O)C(C(F)(F)F)C(F)(F)F)c1. The van der Waals surface area contributed by atoms with Gasteiger partial charge in [0.05, 0.1) is 0 Å². The summed E-state index contributed by atoms with van der Waals surface area (Å²) in [5.41, 5.74) is -0.283. The van der Waals surface area contributed by atoms with E-state index in [-0.39, 0.29) is 11.3 Å². The summed E-state index contributed by atoms with van der Waals surface area (Å²) < 4.78 is 74.1. The Hall–Kier alpha value is -2.06. The van der Waals surface area contributed by atoms with Crippen molar-refractivity contribution in [3.05, 3.63) is 29.8 Å². The summed E-state index contributed by atoms with van der Waals surface area (Å²) in [6, 6.07) is 4.60. The first-order valence-corrected chi connectivity index (χ1v) is 5.48. The fraction of sp³-hybridized carbons (Fsp3) is 0.333. The average Bonchev–Trinajstić information content (AvgIpc) is 2.24. The molecule has 0 aliphatic carbocycles. The van der Waals surface area contributed by atoms with Gasteiger partial charge in [-0.05, 0) is 19.1 Å². The fourth-order valence-electron chi connectivity index (χ4n) is 1.51. The number of Topliss-reactive ketones (excluding diaryl/α,β-unsaturated/α-hetero) is 1. The standard InChI is InChI=1S/C12H9F6NO2/c1-6(20)7-3-2-4-8(5-7)19-10(21)9(11(13,14)15)12(16,17)18/h2-5,9H,1H3,(H,19,21). The Balaban J connectivity index is 3.03. The Bertz CT molecular complexity index is 535. The molecule has 1 amide bonds. The molecule has 0 fully saturated rings. The molecule has 0 aromatic heterocycles. The van der Waals surface area contributed by atoms with Crippen LogP contribution in [0, 0.1) is 5.92 Å². The number of hydrogen-bond acceptors (Lipinski definition) is 2. The van der Waals surface area contributed by atoms with Crippen LogP contribution in [0.1, 0.15) is 17.3 Å². The number of carbonyl (C=O) groups is 2. The zero-order valence-electron chi connectivity index (χ0n) is 10.5. The molecule has 0 aliphatic rings. The Morgan fingerprint density at radius 1 is 1.05 bits per heavy atom. The number of ketones is 1. The van der Waals surface area contributed by atoms with Gasteiger partial charge < -0.3 is 5.32 Å². The molecule has 0 spiro atoms. The molecule has 0 saturated carbocycles. The Labute approximate surface area is 114 Å². The van der Waals surface area contributed by atoms with E-state index >= 15 is 0 Å². The first-order chi connectivity index (χ1) is 9.43. The molecule has 0 bridgehead atoms. The molecular weight excluding hydrogens is 304 g/mol. The lowest BCUT2D eigenvalue weighted by atomic mass is 10.1. The van der Waals surface area contributed by atoms with E-state index in [1.165, 1.54) is 17.4 Å². The second-order valence-electron chi connectivity index (χ2n) is 4.14. The highest BCUT2D eigenvalue weighted by molar-refractivity contribution is 5.97. The van der Waals surface area contributed by atoms with Gasteiger partial charge in [-0.2, -0.15) is 26.3 Å². The van der Waals surface area contributed by atoms with Gasteiger partial charge in [0.15, 0.2) is 5.78 Å². The molecule has 1 N–H and O–H groups in total. The zero-order valence-corrected chi connectivity index (χ0v) is 10.5. The predicted molar refractivity (Wildman–Crippen MR) is 60.7 cm³/mol. The normalized spacial score (nSPS) is 12.4. The number of nitrogens with one attached hydrogen (secondary N) is 1. The van der Waals surface area contributed by atoms with E-state index in [9.17, 15) is 35.9 Å². The third-order valence-corrected chi connectivity index (χ3v) is 2.45. The number of hydrogen-bond donors (Lipinski definition) is 1. The summed E-state index contributed by atoms with van der Waals surface area (Å²) in [6.45, 7) is 1.16. The van der Waals surface area contributed by atoms with Crippen molar-refractivity contribution in [1.82, 2.24) is 0 Å². The van der Waals surface area contributed by atoms with Crippen LogP contribution in [0.25, 0.3) is 0 Å². The molecule has 0 saturated heterocycles. The molecule has 21 heavy (non-hydrogen) atoms. The minimum atomic E-state index is -5.76.